The summed E-state index contributed by atoms with van der Waals surface area (Å²) in [6.45, 7) is 5.88. The molecule has 1 aliphatic heterocycles. The van der Waals surface area contributed by atoms with Gasteiger partial charge in [-0.3, -0.25) is 4.79 Å². The predicted octanol–water partition coefficient (Wildman–Crippen LogP) is 4.91. The highest BCUT2D eigenvalue weighted by atomic mass is 35.5. The number of benzene rings is 2. The van der Waals surface area contributed by atoms with Gasteiger partial charge in [-0.15, -0.1) is 0 Å². The SMILES string of the molecule is Cc1ccc2c(CNc3cc(Cl)ccc3C(=O)N3CCCC3)cc(=O)oc2c1C. The molecule has 6 heteroatoms. The highest BCUT2D eigenvalue weighted by molar-refractivity contribution is 6.31. The summed E-state index contributed by atoms with van der Waals surface area (Å²) in [5, 5.41) is 4.75. The van der Waals surface area contributed by atoms with Crippen LogP contribution in [0.5, 0.6) is 0 Å². The Kier molecular flexibility index (Phi) is 5.33. The van der Waals surface area contributed by atoms with Crippen LogP contribution in [0.2, 0.25) is 5.02 Å². The maximum atomic E-state index is 12.9. The molecule has 0 bridgehead atoms. The van der Waals surface area contributed by atoms with Crippen LogP contribution in [0.25, 0.3) is 11.0 Å². The van der Waals surface area contributed by atoms with Crippen molar-refractivity contribution in [1.29, 1.82) is 0 Å². The van der Waals surface area contributed by atoms with Crippen LogP contribution < -0.4 is 10.9 Å². The van der Waals surface area contributed by atoms with E-state index in [9.17, 15) is 9.59 Å². The molecular weight excluding hydrogens is 388 g/mol. The summed E-state index contributed by atoms with van der Waals surface area (Å²) < 4.78 is 5.45. The fourth-order valence-corrected chi connectivity index (χ4v) is 3.97. The zero-order valence-electron chi connectivity index (χ0n) is 16.5. The quantitative estimate of drug-likeness (QED) is 0.620. The van der Waals surface area contributed by atoms with Crippen LogP contribution in [-0.2, 0) is 6.54 Å². The molecule has 0 spiro atoms. The van der Waals surface area contributed by atoms with Crippen molar-refractivity contribution < 1.29 is 9.21 Å². The third-order valence-corrected chi connectivity index (χ3v) is 5.83. The third kappa shape index (κ3) is 3.87. The summed E-state index contributed by atoms with van der Waals surface area (Å²) in [5.41, 5.74) is 4.32. The van der Waals surface area contributed by atoms with Crippen LogP contribution in [0, 0.1) is 13.8 Å². The summed E-state index contributed by atoms with van der Waals surface area (Å²) in [5.74, 6) is 0.00516. The van der Waals surface area contributed by atoms with Crippen molar-refractivity contribution in [3.63, 3.8) is 0 Å². The van der Waals surface area contributed by atoms with Crippen molar-refractivity contribution in [2.75, 3.05) is 18.4 Å². The lowest BCUT2D eigenvalue weighted by Gasteiger charge is -2.19. The van der Waals surface area contributed by atoms with E-state index in [1.165, 1.54) is 6.07 Å². The van der Waals surface area contributed by atoms with Gasteiger partial charge in [-0.25, -0.2) is 4.79 Å². The van der Waals surface area contributed by atoms with Crippen molar-refractivity contribution in [3.8, 4) is 0 Å². The molecule has 3 aromatic rings. The van der Waals surface area contributed by atoms with E-state index >= 15 is 0 Å². The van der Waals surface area contributed by atoms with Gasteiger partial charge in [-0.05, 0) is 61.6 Å². The Labute approximate surface area is 174 Å². The summed E-state index contributed by atoms with van der Waals surface area (Å²) in [7, 11) is 0. The number of carbonyl (C=O) groups is 1. The van der Waals surface area contributed by atoms with Gasteiger partial charge in [0.05, 0.1) is 5.56 Å². The molecule has 1 aliphatic rings. The Morgan fingerprint density at radius 2 is 1.90 bits per heavy atom. The lowest BCUT2D eigenvalue weighted by Crippen LogP contribution is -2.28. The lowest BCUT2D eigenvalue weighted by atomic mass is 10.0. The van der Waals surface area contributed by atoms with Crippen LogP contribution >= 0.6 is 11.6 Å². The number of halogens is 1. The van der Waals surface area contributed by atoms with Crippen molar-refractivity contribution in [3.05, 3.63) is 74.1 Å². The number of fused-ring (bicyclic) bond motifs is 1. The molecule has 1 fully saturated rings. The van der Waals surface area contributed by atoms with Crippen LogP contribution in [0.3, 0.4) is 0 Å². The van der Waals surface area contributed by atoms with E-state index in [1.807, 2.05) is 30.9 Å². The molecule has 1 N–H and O–H groups in total. The normalized spacial score (nSPS) is 13.8. The summed E-state index contributed by atoms with van der Waals surface area (Å²) >= 11 is 6.19. The molecule has 1 saturated heterocycles. The second kappa shape index (κ2) is 7.91. The van der Waals surface area contributed by atoms with Gasteiger partial charge in [0.15, 0.2) is 0 Å². The number of carbonyl (C=O) groups excluding carboxylic acids is 1. The fourth-order valence-electron chi connectivity index (χ4n) is 3.80. The van der Waals surface area contributed by atoms with E-state index in [1.54, 1.807) is 18.2 Å². The first-order valence-electron chi connectivity index (χ1n) is 9.79. The molecule has 0 unspecified atom stereocenters. The monoisotopic (exact) mass is 410 g/mol. The Hall–Kier alpha value is -2.79. The number of anilines is 1. The highest BCUT2D eigenvalue weighted by Gasteiger charge is 2.22. The summed E-state index contributed by atoms with van der Waals surface area (Å²) in [6, 6.07) is 10.7. The first kappa shape index (κ1) is 19.5. The van der Waals surface area contributed by atoms with Crippen molar-refractivity contribution in [2.24, 2.45) is 0 Å². The zero-order valence-corrected chi connectivity index (χ0v) is 17.3. The average Bonchev–Trinajstić information content (AvgIpc) is 3.24. The number of likely N-dealkylation sites (tertiary alicyclic amines) is 1. The molecular formula is C23H23ClN2O3. The molecule has 1 amide bonds. The minimum atomic E-state index is -0.387. The molecule has 0 atom stereocenters. The van der Waals surface area contributed by atoms with Crippen molar-refractivity contribution in [2.45, 2.75) is 33.2 Å². The number of rotatable bonds is 4. The third-order valence-electron chi connectivity index (χ3n) is 5.59. The maximum absolute atomic E-state index is 12.9. The topological polar surface area (TPSA) is 62.6 Å². The molecule has 0 saturated carbocycles. The van der Waals surface area contributed by atoms with Gasteiger partial charge < -0.3 is 14.6 Å². The number of nitrogens with zero attached hydrogens (tertiary/aromatic N) is 1. The number of nitrogens with one attached hydrogen (secondary N) is 1. The molecule has 0 aliphatic carbocycles. The first-order chi connectivity index (χ1) is 13.9. The van der Waals surface area contributed by atoms with Gasteiger partial charge in [0.25, 0.3) is 5.91 Å². The maximum Gasteiger partial charge on any atom is 0.336 e. The second-order valence-electron chi connectivity index (χ2n) is 7.52. The van der Waals surface area contributed by atoms with Gasteiger partial charge in [0.1, 0.15) is 5.58 Å². The second-order valence-corrected chi connectivity index (χ2v) is 7.95. The van der Waals surface area contributed by atoms with Crippen molar-refractivity contribution in [1.82, 2.24) is 4.90 Å². The Morgan fingerprint density at radius 1 is 1.14 bits per heavy atom. The van der Waals surface area contributed by atoms with Gasteiger partial charge >= 0.3 is 5.63 Å². The van der Waals surface area contributed by atoms with Crippen LogP contribution in [0.1, 0.15) is 39.9 Å². The number of hydrogen-bond donors (Lipinski definition) is 1. The van der Waals surface area contributed by atoms with E-state index in [4.69, 9.17) is 16.0 Å². The minimum Gasteiger partial charge on any atom is -0.422 e. The van der Waals surface area contributed by atoms with Crippen LogP contribution in [0.15, 0.2) is 45.6 Å². The molecule has 2 heterocycles. The highest BCUT2D eigenvalue weighted by Crippen LogP contribution is 2.27. The van der Waals surface area contributed by atoms with Crippen LogP contribution in [-0.4, -0.2) is 23.9 Å². The molecule has 4 rings (SSSR count). The fraction of sp³-hybridized carbons (Fsp3) is 0.304. The smallest absolute Gasteiger partial charge is 0.336 e. The van der Waals surface area contributed by atoms with Gasteiger partial charge in [-0.2, -0.15) is 0 Å². The molecule has 150 valence electrons. The molecule has 1 aromatic heterocycles. The van der Waals surface area contributed by atoms with E-state index in [0.29, 0.717) is 28.4 Å². The minimum absolute atomic E-state index is 0.00516. The van der Waals surface area contributed by atoms with Gasteiger partial charge in [0.2, 0.25) is 0 Å². The zero-order chi connectivity index (χ0) is 20.5. The molecule has 2 aromatic carbocycles. The number of hydrogen-bond acceptors (Lipinski definition) is 4. The standard InChI is InChI=1S/C23H23ClN2O3/c1-14-5-7-18-16(11-21(27)29-22(18)15(14)2)13-25-20-12-17(24)6-8-19(20)23(28)26-9-3-4-10-26/h5-8,11-12,25H,3-4,9-10,13H2,1-2H3. The van der Waals surface area contributed by atoms with Crippen LogP contribution in [0.4, 0.5) is 5.69 Å². The Balaban J connectivity index is 1.68. The first-order valence-corrected chi connectivity index (χ1v) is 10.2. The van der Waals surface area contributed by atoms with E-state index in [2.05, 4.69) is 5.32 Å². The molecule has 5 nitrogen and oxygen atoms in total. The van der Waals surface area contributed by atoms with Crippen molar-refractivity contribution >= 4 is 34.2 Å². The Bertz CT molecular complexity index is 1150. The summed E-state index contributed by atoms with van der Waals surface area (Å²) in [4.78, 5) is 26.9. The Morgan fingerprint density at radius 3 is 2.66 bits per heavy atom. The predicted molar refractivity (Wildman–Crippen MR) is 116 cm³/mol. The van der Waals surface area contributed by atoms with Gasteiger partial charge in [-0.1, -0.05) is 23.7 Å². The lowest BCUT2D eigenvalue weighted by molar-refractivity contribution is 0.0793. The van der Waals surface area contributed by atoms with E-state index in [-0.39, 0.29) is 11.5 Å². The summed E-state index contributed by atoms with van der Waals surface area (Å²) in [6.07, 6.45) is 2.07. The molecule has 0 radical (unpaired) electrons. The largest absolute Gasteiger partial charge is 0.422 e. The number of aryl methyl sites for hydroxylation is 2. The van der Waals surface area contributed by atoms with E-state index < -0.39 is 0 Å². The number of amides is 1. The van der Waals surface area contributed by atoms with E-state index in [0.717, 1.165) is 48.0 Å². The molecule has 29 heavy (non-hydrogen) atoms. The van der Waals surface area contributed by atoms with Gasteiger partial charge in [0, 0.05) is 41.8 Å². The average molecular weight is 411 g/mol.